The standard InChI is InChI=1S/C31H35N5O4/c1-22(37)26-16-14-25(15-17-26)21-35-30(40)27(13-8-18-34-31(32)33)36(28(38)19-23-9-4-2-5-10-23)29(39)20-24-11-6-3-7-12-24/h2-7,9-12,14-17,27H,8,13,18-21H2,1H3,(H,35,40)(H4,32,33,34). The summed E-state index contributed by atoms with van der Waals surface area (Å²) in [4.78, 5) is 57.5. The van der Waals surface area contributed by atoms with Crippen LogP contribution in [0, 0.1) is 0 Å². The van der Waals surface area contributed by atoms with Gasteiger partial charge in [0.05, 0.1) is 12.8 Å². The molecule has 0 fully saturated rings. The number of imide groups is 1. The lowest BCUT2D eigenvalue weighted by Gasteiger charge is -2.30. The minimum absolute atomic E-state index is 0.0362. The number of rotatable bonds is 13. The summed E-state index contributed by atoms with van der Waals surface area (Å²) >= 11 is 0. The zero-order chi connectivity index (χ0) is 28.9. The summed E-state index contributed by atoms with van der Waals surface area (Å²) in [5.74, 6) is -1.55. The largest absolute Gasteiger partial charge is 0.370 e. The van der Waals surface area contributed by atoms with Crippen LogP contribution in [0.1, 0.15) is 46.8 Å². The monoisotopic (exact) mass is 541 g/mol. The summed E-state index contributed by atoms with van der Waals surface area (Å²) in [7, 11) is 0. The lowest BCUT2D eigenvalue weighted by molar-refractivity contribution is -0.151. The minimum atomic E-state index is -1.07. The van der Waals surface area contributed by atoms with Crippen LogP contribution in [0.3, 0.4) is 0 Å². The molecule has 1 unspecified atom stereocenters. The van der Waals surface area contributed by atoms with E-state index in [2.05, 4.69) is 10.3 Å². The summed E-state index contributed by atoms with van der Waals surface area (Å²) < 4.78 is 0. The number of aliphatic imine (C=N–C) groups is 1. The van der Waals surface area contributed by atoms with Crippen LogP contribution in [-0.2, 0) is 33.8 Å². The third-order valence-electron chi connectivity index (χ3n) is 6.31. The smallest absolute Gasteiger partial charge is 0.243 e. The number of amides is 3. The van der Waals surface area contributed by atoms with E-state index in [1.807, 2.05) is 36.4 Å². The van der Waals surface area contributed by atoms with Gasteiger partial charge >= 0.3 is 0 Å². The van der Waals surface area contributed by atoms with E-state index in [0.29, 0.717) is 12.0 Å². The number of carbonyl (C=O) groups is 4. The molecule has 9 nitrogen and oxygen atoms in total. The zero-order valence-electron chi connectivity index (χ0n) is 22.6. The number of benzene rings is 3. The maximum Gasteiger partial charge on any atom is 0.243 e. The van der Waals surface area contributed by atoms with Gasteiger partial charge in [0.15, 0.2) is 11.7 Å². The number of hydrogen-bond acceptors (Lipinski definition) is 5. The molecule has 5 N–H and O–H groups in total. The average Bonchev–Trinajstić information content (AvgIpc) is 2.94. The fraction of sp³-hybridized carbons (Fsp3) is 0.258. The van der Waals surface area contributed by atoms with Crippen LogP contribution in [0.15, 0.2) is 89.9 Å². The molecule has 0 radical (unpaired) electrons. The van der Waals surface area contributed by atoms with Crippen molar-refractivity contribution in [3.8, 4) is 0 Å². The van der Waals surface area contributed by atoms with E-state index in [-0.39, 0.29) is 44.1 Å². The predicted molar refractivity (Wildman–Crippen MR) is 154 cm³/mol. The van der Waals surface area contributed by atoms with Crippen molar-refractivity contribution in [3.63, 3.8) is 0 Å². The summed E-state index contributed by atoms with van der Waals surface area (Å²) in [5, 5.41) is 2.86. The second-order valence-corrected chi connectivity index (χ2v) is 9.42. The Kier molecular flexibility index (Phi) is 11.1. The number of ketones is 1. The third-order valence-corrected chi connectivity index (χ3v) is 6.31. The Balaban J connectivity index is 1.87. The molecule has 9 heteroatoms. The van der Waals surface area contributed by atoms with Gasteiger partial charge in [-0.15, -0.1) is 0 Å². The fourth-order valence-electron chi connectivity index (χ4n) is 4.23. The van der Waals surface area contributed by atoms with Crippen molar-refractivity contribution in [1.29, 1.82) is 0 Å². The van der Waals surface area contributed by atoms with Crippen LogP contribution >= 0.6 is 0 Å². The van der Waals surface area contributed by atoms with Gasteiger partial charge in [0.1, 0.15) is 6.04 Å². The minimum Gasteiger partial charge on any atom is -0.370 e. The summed E-state index contributed by atoms with van der Waals surface area (Å²) in [6.45, 7) is 1.89. The van der Waals surface area contributed by atoms with E-state index in [1.54, 1.807) is 48.5 Å². The first-order valence-electron chi connectivity index (χ1n) is 13.1. The van der Waals surface area contributed by atoms with Crippen molar-refractivity contribution in [1.82, 2.24) is 10.2 Å². The van der Waals surface area contributed by atoms with E-state index in [1.165, 1.54) is 6.92 Å². The molecule has 208 valence electrons. The first-order valence-corrected chi connectivity index (χ1v) is 13.1. The molecule has 3 amide bonds. The number of carbonyl (C=O) groups excluding carboxylic acids is 4. The number of guanidine groups is 1. The Morgan fingerprint density at radius 1 is 0.775 bits per heavy atom. The van der Waals surface area contributed by atoms with Gasteiger partial charge in [-0.2, -0.15) is 0 Å². The van der Waals surface area contributed by atoms with E-state index in [4.69, 9.17) is 11.5 Å². The lowest BCUT2D eigenvalue weighted by Crippen LogP contribution is -2.53. The van der Waals surface area contributed by atoms with Gasteiger partial charge < -0.3 is 16.8 Å². The van der Waals surface area contributed by atoms with Crippen LogP contribution in [0.4, 0.5) is 0 Å². The number of nitrogens with zero attached hydrogens (tertiary/aromatic N) is 2. The zero-order valence-corrected chi connectivity index (χ0v) is 22.6. The van der Waals surface area contributed by atoms with Crippen molar-refractivity contribution in [3.05, 3.63) is 107 Å². The third kappa shape index (κ3) is 9.20. The van der Waals surface area contributed by atoms with Crippen molar-refractivity contribution >= 4 is 29.5 Å². The second kappa shape index (κ2) is 15.0. The predicted octanol–water partition coefficient (Wildman–Crippen LogP) is 2.77. The molecule has 3 rings (SSSR count). The summed E-state index contributed by atoms with van der Waals surface area (Å²) in [6, 6.07) is 24.0. The fourth-order valence-corrected chi connectivity index (χ4v) is 4.23. The van der Waals surface area contributed by atoms with E-state index < -0.39 is 23.8 Å². The quantitative estimate of drug-likeness (QED) is 0.131. The molecule has 0 spiro atoms. The molecular weight excluding hydrogens is 506 g/mol. The maximum absolute atomic E-state index is 13.6. The van der Waals surface area contributed by atoms with Crippen molar-refractivity contribution in [2.45, 2.75) is 45.2 Å². The highest BCUT2D eigenvalue weighted by atomic mass is 16.2. The molecule has 0 aliphatic rings. The normalized spacial score (nSPS) is 11.2. The average molecular weight is 542 g/mol. The van der Waals surface area contributed by atoms with Gasteiger partial charge in [0.25, 0.3) is 0 Å². The SMILES string of the molecule is CC(=O)c1ccc(CNC(=O)C(CCCN=C(N)N)N(C(=O)Cc2ccccc2)C(=O)Cc2ccccc2)cc1. The molecule has 0 heterocycles. The Morgan fingerprint density at radius 3 is 1.77 bits per heavy atom. The van der Waals surface area contributed by atoms with Crippen molar-refractivity contribution in [2.75, 3.05) is 6.54 Å². The van der Waals surface area contributed by atoms with Crippen LogP contribution in [-0.4, -0.2) is 47.0 Å². The van der Waals surface area contributed by atoms with Crippen molar-refractivity contribution in [2.24, 2.45) is 16.5 Å². The molecule has 0 saturated carbocycles. The van der Waals surface area contributed by atoms with E-state index in [0.717, 1.165) is 21.6 Å². The van der Waals surface area contributed by atoms with E-state index in [9.17, 15) is 19.2 Å². The maximum atomic E-state index is 13.6. The Bertz CT molecular complexity index is 1270. The molecule has 1 atom stereocenters. The topological polar surface area (TPSA) is 148 Å². The van der Waals surface area contributed by atoms with Crippen LogP contribution in [0.5, 0.6) is 0 Å². The molecule has 3 aromatic carbocycles. The second-order valence-electron chi connectivity index (χ2n) is 9.42. The van der Waals surface area contributed by atoms with Gasteiger partial charge in [-0.25, -0.2) is 0 Å². The lowest BCUT2D eigenvalue weighted by atomic mass is 10.0. The van der Waals surface area contributed by atoms with Crippen molar-refractivity contribution < 1.29 is 19.2 Å². The van der Waals surface area contributed by atoms with Gasteiger partial charge in [0, 0.05) is 18.7 Å². The Morgan fingerprint density at radius 2 is 1.30 bits per heavy atom. The molecule has 0 bridgehead atoms. The van der Waals surface area contributed by atoms with Gasteiger partial charge in [-0.3, -0.25) is 29.1 Å². The number of nitrogens with one attached hydrogen (secondary N) is 1. The molecule has 0 aromatic heterocycles. The molecule has 40 heavy (non-hydrogen) atoms. The molecule has 3 aromatic rings. The van der Waals surface area contributed by atoms with Crippen LogP contribution < -0.4 is 16.8 Å². The molecule has 0 aliphatic heterocycles. The highest BCUT2D eigenvalue weighted by Gasteiger charge is 2.34. The van der Waals surface area contributed by atoms with Gasteiger partial charge in [0.2, 0.25) is 17.7 Å². The first-order chi connectivity index (χ1) is 19.2. The molecule has 0 saturated heterocycles. The number of hydrogen-bond donors (Lipinski definition) is 3. The van der Waals surface area contributed by atoms with Gasteiger partial charge in [-0.1, -0.05) is 84.9 Å². The highest BCUT2D eigenvalue weighted by Crippen LogP contribution is 2.16. The van der Waals surface area contributed by atoms with E-state index >= 15 is 0 Å². The molecular formula is C31H35N5O4. The summed E-state index contributed by atoms with van der Waals surface area (Å²) in [6.07, 6.45) is 0.473. The number of Topliss-reactive ketones (excluding diaryl/α,β-unsaturated/α-hetero) is 1. The Hall–Kier alpha value is -4.79. The molecule has 0 aliphatic carbocycles. The van der Waals surface area contributed by atoms with Crippen LogP contribution in [0.2, 0.25) is 0 Å². The summed E-state index contributed by atoms with van der Waals surface area (Å²) in [5.41, 5.74) is 13.7. The van der Waals surface area contributed by atoms with Gasteiger partial charge in [-0.05, 0) is 36.5 Å². The highest BCUT2D eigenvalue weighted by molar-refractivity contribution is 6.01. The first kappa shape index (κ1) is 29.8. The van der Waals surface area contributed by atoms with Crippen LogP contribution in [0.25, 0.3) is 0 Å². The number of nitrogens with two attached hydrogens (primary N) is 2. The Labute approximate surface area is 234 Å².